The summed E-state index contributed by atoms with van der Waals surface area (Å²) in [4.78, 5) is 26.0. The number of piperazine rings is 1. The standard InChI is InChI=1S/C25H32N6O3/c1-16(32)21-13-26-25(29-24(21)27-17-2-3-17)28-18-4-5-22-23(12-18)34-15-20-14-30(8-9-31(20)22)19-6-10-33-11-7-19/h4-5,12-13,17,19-20H,2-3,6-11,14-15H2,1H3,(H2,26,27,28,29)/t20-/m0/s1. The second-order valence-corrected chi connectivity index (χ2v) is 9.73. The molecule has 2 aromatic rings. The fourth-order valence-electron chi connectivity index (χ4n) is 5.21. The Labute approximate surface area is 199 Å². The van der Waals surface area contributed by atoms with E-state index in [0.29, 0.717) is 42.1 Å². The maximum Gasteiger partial charge on any atom is 0.229 e. The van der Waals surface area contributed by atoms with E-state index in [-0.39, 0.29) is 5.78 Å². The van der Waals surface area contributed by atoms with Crippen molar-refractivity contribution in [3.05, 3.63) is 30.0 Å². The Morgan fingerprint density at radius 3 is 2.76 bits per heavy atom. The van der Waals surface area contributed by atoms with E-state index in [2.05, 4.69) is 36.5 Å². The molecular weight excluding hydrogens is 432 g/mol. The third-order valence-electron chi connectivity index (χ3n) is 7.26. The molecule has 6 rings (SSSR count). The number of hydrogen-bond acceptors (Lipinski definition) is 9. The van der Waals surface area contributed by atoms with Gasteiger partial charge in [0.05, 0.1) is 17.3 Å². The minimum atomic E-state index is -0.0386. The van der Waals surface area contributed by atoms with Crippen molar-refractivity contribution in [2.24, 2.45) is 0 Å². The molecule has 1 aromatic carbocycles. The van der Waals surface area contributed by atoms with Crippen molar-refractivity contribution in [1.82, 2.24) is 14.9 Å². The lowest BCUT2D eigenvalue weighted by atomic mass is 10.0. The summed E-state index contributed by atoms with van der Waals surface area (Å²) in [6.45, 7) is 7.12. The summed E-state index contributed by atoms with van der Waals surface area (Å²) < 4.78 is 11.8. The second kappa shape index (κ2) is 9.03. The summed E-state index contributed by atoms with van der Waals surface area (Å²) >= 11 is 0. The fraction of sp³-hybridized carbons (Fsp3) is 0.560. The Hall–Kier alpha value is -2.91. The van der Waals surface area contributed by atoms with E-state index in [9.17, 15) is 4.79 Å². The van der Waals surface area contributed by atoms with Crippen LogP contribution in [-0.4, -0.2) is 78.2 Å². The molecule has 1 saturated carbocycles. The number of ether oxygens (including phenoxy) is 2. The Balaban J connectivity index is 1.16. The van der Waals surface area contributed by atoms with Crippen molar-refractivity contribution in [2.45, 2.75) is 50.7 Å². The van der Waals surface area contributed by atoms with Crippen LogP contribution in [0.1, 0.15) is 43.0 Å². The molecule has 3 fully saturated rings. The van der Waals surface area contributed by atoms with Gasteiger partial charge < -0.3 is 25.0 Å². The van der Waals surface area contributed by atoms with Gasteiger partial charge in [0.25, 0.3) is 0 Å². The monoisotopic (exact) mass is 464 g/mol. The average molecular weight is 465 g/mol. The molecule has 9 heteroatoms. The topological polar surface area (TPSA) is 91.8 Å². The maximum atomic E-state index is 12.0. The summed E-state index contributed by atoms with van der Waals surface area (Å²) in [5, 5.41) is 6.63. The van der Waals surface area contributed by atoms with E-state index >= 15 is 0 Å². The first-order valence-electron chi connectivity index (χ1n) is 12.4. The number of aromatic nitrogens is 2. The minimum absolute atomic E-state index is 0.0386. The molecule has 4 heterocycles. The highest BCUT2D eigenvalue weighted by atomic mass is 16.5. The Morgan fingerprint density at radius 1 is 1.12 bits per heavy atom. The van der Waals surface area contributed by atoms with Gasteiger partial charge in [0.15, 0.2) is 5.78 Å². The molecular formula is C25H32N6O3. The van der Waals surface area contributed by atoms with Crippen molar-refractivity contribution in [3.8, 4) is 5.75 Å². The van der Waals surface area contributed by atoms with Crippen LogP contribution in [0, 0.1) is 0 Å². The molecule has 180 valence electrons. The van der Waals surface area contributed by atoms with Crippen molar-refractivity contribution >= 4 is 28.9 Å². The van der Waals surface area contributed by atoms with E-state index in [0.717, 1.165) is 75.7 Å². The molecule has 9 nitrogen and oxygen atoms in total. The Kier molecular flexibility index (Phi) is 5.74. The zero-order chi connectivity index (χ0) is 23.1. The van der Waals surface area contributed by atoms with E-state index in [1.54, 1.807) is 13.1 Å². The molecule has 3 aliphatic heterocycles. The Morgan fingerprint density at radius 2 is 1.97 bits per heavy atom. The zero-order valence-electron chi connectivity index (χ0n) is 19.6. The van der Waals surface area contributed by atoms with Crippen LogP contribution in [0.2, 0.25) is 0 Å². The van der Waals surface area contributed by atoms with Crippen LogP contribution in [0.3, 0.4) is 0 Å². The zero-order valence-corrected chi connectivity index (χ0v) is 19.6. The lowest BCUT2D eigenvalue weighted by Crippen LogP contribution is -2.59. The molecule has 0 unspecified atom stereocenters. The molecule has 0 spiro atoms. The average Bonchev–Trinajstić information content (AvgIpc) is 3.68. The van der Waals surface area contributed by atoms with Crippen LogP contribution < -0.4 is 20.3 Å². The van der Waals surface area contributed by atoms with Crippen LogP contribution >= 0.6 is 0 Å². The van der Waals surface area contributed by atoms with Gasteiger partial charge in [-0.3, -0.25) is 9.69 Å². The van der Waals surface area contributed by atoms with Crippen molar-refractivity contribution in [2.75, 3.05) is 55.0 Å². The smallest absolute Gasteiger partial charge is 0.229 e. The summed E-state index contributed by atoms with van der Waals surface area (Å²) in [6.07, 6.45) is 6.08. The van der Waals surface area contributed by atoms with Crippen molar-refractivity contribution in [3.63, 3.8) is 0 Å². The molecule has 0 amide bonds. The highest BCUT2D eigenvalue weighted by Crippen LogP contribution is 2.38. The molecule has 1 aliphatic carbocycles. The third kappa shape index (κ3) is 4.42. The predicted molar refractivity (Wildman–Crippen MR) is 130 cm³/mol. The van der Waals surface area contributed by atoms with E-state index in [1.165, 1.54) is 0 Å². The number of Topliss-reactive ketones (excluding diaryl/α,β-unsaturated/α-hetero) is 1. The largest absolute Gasteiger partial charge is 0.489 e. The number of hydrogen-bond donors (Lipinski definition) is 2. The number of nitrogens with zero attached hydrogens (tertiary/aromatic N) is 4. The van der Waals surface area contributed by atoms with Crippen LogP contribution in [0.25, 0.3) is 0 Å². The van der Waals surface area contributed by atoms with Crippen molar-refractivity contribution in [1.29, 1.82) is 0 Å². The highest BCUT2D eigenvalue weighted by Gasteiger charge is 2.35. The molecule has 2 N–H and O–H groups in total. The number of benzene rings is 1. The van der Waals surface area contributed by atoms with E-state index in [1.807, 2.05) is 12.1 Å². The van der Waals surface area contributed by atoms with Gasteiger partial charge in [-0.1, -0.05) is 0 Å². The molecule has 1 atom stereocenters. The van der Waals surface area contributed by atoms with Gasteiger partial charge in [-0.15, -0.1) is 0 Å². The quantitative estimate of drug-likeness (QED) is 0.626. The fourth-order valence-corrected chi connectivity index (χ4v) is 5.21. The number of carbonyl (C=O) groups excluding carboxylic acids is 1. The minimum Gasteiger partial charge on any atom is -0.489 e. The molecule has 0 radical (unpaired) electrons. The lowest BCUT2D eigenvalue weighted by molar-refractivity contribution is 0.0231. The summed E-state index contributed by atoms with van der Waals surface area (Å²) in [6, 6.07) is 7.61. The van der Waals surface area contributed by atoms with Gasteiger partial charge in [0.2, 0.25) is 5.95 Å². The first kappa shape index (κ1) is 21.6. The first-order chi connectivity index (χ1) is 16.6. The Bertz CT molecular complexity index is 1070. The van der Waals surface area contributed by atoms with Gasteiger partial charge >= 0.3 is 0 Å². The summed E-state index contributed by atoms with van der Waals surface area (Å²) in [5.41, 5.74) is 2.54. The van der Waals surface area contributed by atoms with Gasteiger partial charge in [-0.2, -0.15) is 4.98 Å². The predicted octanol–water partition coefficient (Wildman–Crippen LogP) is 3.06. The lowest BCUT2D eigenvalue weighted by Gasteiger charge is -2.48. The second-order valence-electron chi connectivity index (χ2n) is 9.73. The molecule has 34 heavy (non-hydrogen) atoms. The van der Waals surface area contributed by atoms with Gasteiger partial charge in [-0.05, 0) is 44.7 Å². The van der Waals surface area contributed by atoms with Crippen LogP contribution in [0.4, 0.5) is 23.1 Å². The highest BCUT2D eigenvalue weighted by molar-refractivity contribution is 5.98. The van der Waals surface area contributed by atoms with Crippen molar-refractivity contribution < 1.29 is 14.3 Å². The number of nitrogens with one attached hydrogen (secondary N) is 2. The van der Waals surface area contributed by atoms with E-state index < -0.39 is 0 Å². The number of fused-ring (bicyclic) bond motifs is 3. The summed E-state index contributed by atoms with van der Waals surface area (Å²) in [5.74, 6) is 1.92. The third-order valence-corrected chi connectivity index (χ3v) is 7.26. The molecule has 2 saturated heterocycles. The van der Waals surface area contributed by atoms with Gasteiger partial charge in [0, 0.05) is 62.9 Å². The van der Waals surface area contributed by atoms with E-state index in [4.69, 9.17) is 9.47 Å². The first-order valence-corrected chi connectivity index (χ1v) is 12.4. The van der Waals surface area contributed by atoms with Crippen LogP contribution in [0.5, 0.6) is 5.75 Å². The van der Waals surface area contributed by atoms with Gasteiger partial charge in [-0.25, -0.2) is 4.98 Å². The van der Waals surface area contributed by atoms with Crippen LogP contribution in [-0.2, 0) is 4.74 Å². The van der Waals surface area contributed by atoms with Crippen LogP contribution in [0.15, 0.2) is 24.4 Å². The number of rotatable bonds is 6. The maximum absolute atomic E-state index is 12.0. The van der Waals surface area contributed by atoms with Gasteiger partial charge in [0.1, 0.15) is 18.2 Å². The molecule has 1 aromatic heterocycles. The number of ketones is 1. The summed E-state index contributed by atoms with van der Waals surface area (Å²) in [7, 11) is 0. The molecule has 4 aliphatic rings. The number of anilines is 4. The normalized spacial score (nSPS) is 23.0. The SMILES string of the molecule is CC(=O)c1cnc(Nc2ccc3c(c2)OC[C@@H]2CN(C4CCOCC4)CCN32)nc1NC1CC1. The number of carbonyl (C=O) groups is 1. The molecule has 0 bridgehead atoms.